The molecule has 134 valence electrons. The Kier molecular flexibility index (Phi) is 4.25. The highest BCUT2D eigenvalue weighted by Crippen LogP contribution is 2.41. The van der Waals surface area contributed by atoms with Crippen molar-refractivity contribution in [1.82, 2.24) is 4.72 Å². The lowest BCUT2D eigenvalue weighted by molar-refractivity contribution is 0.0702. The molecule has 5 nitrogen and oxygen atoms in total. The fraction of sp³-hybridized carbons (Fsp3) is 0.333. The normalized spacial score (nSPS) is 19.1. The first-order valence-corrected chi connectivity index (χ1v) is 9.43. The highest BCUT2D eigenvalue weighted by Gasteiger charge is 2.36. The smallest absolute Gasteiger partial charge is 0.241 e. The van der Waals surface area contributed by atoms with E-state index in [1.165, 1.54) is 12.1 Å². The number of benzene rings is 2. The summed E-state index contributed by atoms with van der Waals surface area (Å²) in [7, 11) is -3.91. The Morgan fingerprint density at radius 1 is 1.24 bits per heavy atom. The van der Waals surface area contributed by atoms with Gasteiger partial charge in [-0.25, -0.2) is 17.5 Å². The fourth-order valence-electron chi connectivity index (χ4n) is 3.09. The first kappa shape index (κ1) is 17.7. The number of fused-ring (bicyclic) bond motifs is 1. The standard InChI is InChI=1S/C18H21FN2O3S/c1-11-4-5-12(19)8-17(11)25(22,23)21-15-10-18(2,3)24-16-7-6-13(20)9-14(15)16/h4-9,15,21H,10,20H2,1-3H3. The lowest BCUT2D eigenvalue weighted by atomic mass is 9.90. The minimum absolute atomic E-state index is 0.0674. The van der Waals surface area contributed by atoms with Gasteiger partial charge in [0.15, 0.2) is 0 Å². The topological polar surface area (TPSA) is 81.4 Å². The molecule has 2 aromatic carbocycles. The molecule has 0 fully saturated rings. The van der Waals surface area contributed by atoms with Crippen LogP contribution in [0.1, 0.15) is 37.4 Å². The van der Waals surface area contributed by atoms with Crippen molar-refractivity contribution in [3.63, 3.8) is 0 Å². The van der Waals surface area contributed by atoms with Crippen LogP contribution in [0.2, 0.25) is 0 Å². The van der Waals surface area contributed by atoms with E-state index in [2.05, 4.69) is 4.72 Å². The molecule has 0 saturated heterocycles. The predicted molar refractivity (Wildman–Crippen MR) is 94.4 cm³/mol. The van der Waals surface area contributed by atoms with Crippen LogP contribution in [0.15, 0.2) is 41.3 Å². The second kappa shape index (κ2) is 6.00. The molecule has 0 saturated carbocycles. The molecule has 1 aliphatic heterocycles. The lowest BCUT2D eigenvalue weighted by Gasteiger charge is -2.38. The van der Waals surface area contributed by atoms with Gasteiger partial charge in [-0.3, -0.25) is 0 Å². The van der Waals surface area contributed by atoms with Crippen LogP contribution in [0.5, 0.6) is 5.75 Å². The van der Waals surface area contributed by atoms with Gasteiger partial charge >= 0.3 is 0 Å². The molecule has 3 rings (SSSR count). The summed E-state index contributed by atoms with van der Waals surface area (Å²) >= 11 is 0. The van der Waals surface area contributed by atoms with Gasteiger partial charge in [0, 0.05) is 17.7 Å². The lowest BCUT2D eigenvalue weighted by Crippen LogP contribution is -2.41. The first-order chi connectivity index (χ1) is 11.6. The zero-order valence-corrected chi connectivity index (χ0v) is 15.2. The number of hydrogen-bond acceptors (Lipinski definition) is 4. The fourth-order valence-corrected chi connectivity index (χ4v) is 4.56. The SMILES string of the molecule is Cc1ccc(F)cc1S(=O)(=O)NC1CC(C)(C)Oc2ccc(N)cc21. The van der Waals surface area contributed by atoms with Crippen LogP contribution in [0.3, 0.4) is 0 Å². The van der Waals surface area contributed by atoms with Crippen LogP contribution in [0.4, 0.5) is 10.1 Å². The molecule has 1 unspecified atom stereocenters. The number of sulfonamides is 1. The maximum atomic E-state index is 13.5. The van der Waals surface area contributed by atoms with Crippen molar-refractivity contribution in [2.75, 3.05) is 5.73 Å². The molecule has 7 heteroatoms. The zero-order chi connectivity index (χ0) is 18.4. The van der Waals surface area contributed by atoms with E-state index in [9.17, 15) is 12.8 Å². The summed E-state index contributed by atoms with van der Waals surface area (Å²) in [6.45, 7) is 5.41. The van der Waals surface area contributed by atoms with E-state index in [1.54, 1.807) is 25.1 Å². The Morgan fingerprint density at radius 2 is 1.96 bits per heavy atom. The third-order valence-electron chi connectivity index (χ3n) is 4.23. The molecule has 3 N–H and O–H groups in total. The summed E-state index contributed by atoms with van der Waals surface area (Å²) in [6, 6.07) is 8.35. The molecule has 0 aliphatic carbocycles. The number of nitrogen functional groups attached to an aromatic ring is 1. The van der Waals surface area contributed by atoms with Crippen LogP contribution in [-0.2, 0) is 10.0 Å². The molecule has 0 amide bonds. The second-order valence-electron chi connectivity index (χ2n) is 6.95. The van der Waals surface area contributed by atoms with Crippen molar-refractivity contribution in [2.24, 2.45) is 0 Å². The number of aryl methyl sites for hydroxylation is 1. The average Bonchev–Trinajstić information content (AvgIpc) is 2.49. The Balaban J connectivity index is 2.02. The molecule has 1 aliphatic rings. The Labute approximate surface area is 147 Å². The minimum atomic E-state index is -3.91. The quantitative estimate of drug-likeness (QED) is 0.819. The van der Waals surface area contributed by atoms with Crippen LogP contribution in [-0.4, -0.2) is 14.0 Å². The molecule has 1 atom stereocenters. The van der Waals surface area contributed by atoms with Gasteiger partial charge in [0.2, 0.25) is 10.0 Å². The number of halogens is 1. The van der Waals surface area contributed by atoms with Crippen molar-refractivity contribution in [3.05, 3.63) is 53.3 Å². The van der Waals surface area contributed by atoms with E-state index in [0.717, 1.165) is 6.07 Å². The van der Waals surface area contributed by atoms with Gasteiger partial charge in [-0.2, -0.15) is 0 Å². The average molecular weight is 364 g/mol. The number of hydrogen-bond donors (Lipinski definition) is 2. The van der Waals surface area contributed by atoms with E-state index >= 15 is 0 Å². The molecular weight excluding hydrogens is 343 g/mol. The minimum Gasteiger partial charge on any atom is -0.487 e. The third kappa shape index (κ3) is 3.62. The molecule has 1 heterocycles. The maximum absolute atomic E-state index is 13.5. The van der Waals surface area contributed by atoms with Gasteiger partial charge in [0.05, 0.1) is 10.9 Å². The number of ether oxygens (including phenoxy) is 1. The molecule has 0 bridgehead atoms. The van der Waals surface area contributed by atoms with E-state index in [4.69, 9.17) is 10.5 Å². The third-order valence-corrected chi connectivity index (χ3v) is 5.84. The van der Waals surface area contributed by atoms with Crippen LogP contribution >= 0.6 is 0 Å². The molecule has 0 aromatic heterocycles. The summed E-state index contributed by atoms with van der Waals surface area (Å²) in [4.78, 5) is -0.0674. The van der Waals surface area contributed by atoms with Gasteiger partial charge in [-0.15, -0.1) is 0 Å². The van der Waals surface area contributed by atoms with Crippen LogP contribution in [0.25, 0.3) is 0 Å². The molecule has 2 aromatic rings. The summed E-state index contributed by atoms with van der Waals surface area (Å²) in [5.74, 6) is -0.00274. The van der Waals surface area contributed by atoms with Crippen molar-refractivity contribution < 1.29 is 17.5 Å². The molecule has 0 spiro atoms. The van der Waals surface area contributed by atoms with E-state index in [-0.39, 0.29) is 4.90 Å². The first-order valence-electron chi connectivity index (χ1n) is 7.94. The summed E-state index contributed by atoms with van der Waals surface area (Å²) in [5, 5.41) is 0. The zero-order valence-electron chi connectivity index (χ0n) is 14.3. The Bertz CT molecular complexity index is 926. The predicted octanol–water partition coefficient (Wildman–Crippen LogP) is 3.30. The molecule has 0 radical (unpaired) electrons. The summed E-state index contributed by atoms with van der Waals surface area (Å²) in [6.07, 6.45) is 0.428. The second-order valence-corrected chi connectivity index (χ2v) is 8.63. The number of nitrogens with two attached hydrogens (primary N) is 1. The molecule has 25 heavy (non-hydrogen) atoms. The van der Waals surface area contributed by atoms with Gasteiger partial charge < -0.3 is 10.5 Å². The van der Waals surface area contributed by atoms with Crippen molar-refractivity contribution in [3.8, 4) is 5.75 Å². The van der Waals surface area contributed by atoms with E-state index < -0.39 is 27.5 Å². The van der Waals surface area contributed by atoms with Gasteiger partial charge in [-0.05, 0) is 56.7 Å². The monoisotopic (exact) mass is 364 g/mol. The summed E-state index contributed by atoms with van der Waals surface area (Å²) < 4.78 is 47.8. The van der Waals surface area contributed by atoms with Gasteiger partial charge in [0.1, 0.15) is 17.2 Å². The highest BCUT2D eigenvalue weighted by atomic mass is 32.2. The number of anilines is 1. The summed E-state index contributed by atoms with van der Waals surface area (Å²) in [5.41, 5.74) is 6.98. The highest BCUT2D eigenvalue weighted by molar-refractivity contribution is 7.89. The van der Waals surface area contributed by atoms with Crippen molar-refractivity contribution in [1.29, 1.82) is 0 Å². The van der Waals surface area contributed by atoms with Crippen LogP contribution in [0, 0.1) is 12.7 Å². The van der Waals surface area contributed by atoms with Gasteiger partial charge in [-0.1, -0.05) is 6.07 Å². The van der Waals surface area contributed by atoms with Crippen molar-refractivity contribution in [2.45, 2.75) is 43.7 Å². The van der Waals surface area contributed by atoms with E-state index in [1.807, 2.05) is 13.8 Å². The number of nitrogens with one attached hydrogen (secondary N) is 1. The Morgan fingerprint density at radius 3 is 2.68 bits per heavy atom. The van der Waals surface area contributed by atoms with Gasteiger partial charge in [0.25, 0.3) is 0 Å². The van der Waals surface area contributed by atoms with Crippen molar-refractivity contribution >= 4 is 15.7 Å². The van der Waals surface area contributed by atoms with E-state index in [0.29, 0.717) is 29.0 Å². The largest absolute Gasteiger partial charge is 0.487 e. The Hall–Kier alpha value is -2.12. The van der Waals surface area contributed by atoms with Crippen LogP contribution < -0.4 is 15.2 Å². The number of rotatable bonds is 3. The maximum Gasteiger partial charge on any atom is 0.241 e. The molecular formula is C18H21FN2O3S.